The Morgan fingerprint density at radius 1 is 1.26 bits per heavy atom. The highest BCUT2D eigenvalue weighted by Gasteiger charge is 2.28. The summed E-state index contributed by atoms with van der Waals surface area (Å²) in [5, 5.41) is 8.87. The summed E-state index contributed by atoms with van der Waals surface area (Å²) in [5.74, 6) is 0. The number of aromatic nitrogens is 1. The largest absolute Gasteiger partial charge is 0.395 e. The molecule has 0 aromatic carbocycles. The van der Waals surface area contributed by atoms with Crippen LogP contribution in [0.15, 0.2) is 27.8 Å². The maximum Gasteiger partial charge on any atom is 0.244 e. The average Bonchev–Trinajstić information content (AvgIpc) is 2.40. The van der Waals surface area contributed by atoms with Gasteiger partial charge < -0.3 is 5.11 Å². The molecule has 0 bridgehead atoms. The van der Waals surface area contributed by atoms with Crippen LogP contribution >= 0.6 is 15.9 Å². The normalized spacial score (nSPS) is 18.6. The molecule has 1 aromatic heterocycles. The molecule has 2 heterocycles. The summed E-state index contributed by atoms with van der Waals surface area (Å²) in [6.07, 6.45) is 2.92. The van der Waals surface area contributed by atoms with Gasteiger partial charge in [-0.25, -0.2) is 8.42 Å². The second-order valence-electron chi connectivity index (χ2n) is 4.31. The SMILES string of the molecule is O=S(=O)(c1cncc(Br)c1)N1CCN(CCO)CC1. The molecule has 1 aliphatic rings. The van der Waals surface area contributed by atoms with Crippen molar-refractivity contribution in [3.8, 4) is 0 Å². The van der Waals surface area contributed by atoms with Crippen LogP contribution in [0.3, 0.4) is 0 Å². The summed E-state index contributed by atoms with van der Waals surface area (Å²) in [6.45, 7) is 2.85. The fourth-order valence-electron chi connectivity index (χ4n) is 2.02. The van der Waals surface area contributed by atoms with Crippen LogP contribution in [0.2, 0.25) is 0 Å². The van der Waals surface area contributed by atoms with Gasteiger partial charge in [-0.05, 0) is 22.0 Å². The van der Waals surface area contributed by atoms with Crippen LogP contribution in [0.5, 0.6) is 0 Å². The standard InChI is InChI=1S/C11H16BrN3O3S/c12-10-7-11(9-13-8-10)19(17,18)15-3-1-14(2-4-15)5-6-16/h7-9,16H,1-6H2. The predicted octanol–water partition coefficient (Wildman–Crippen LogP) is 0.143. The predicted molar refractivity (Wildman–Crippen MR) is 74.2 cm³/mol. The average molecular weight is 350 g/mol. The van der Waals surface area contributed by atoms with E-state index in [1.54, 1.807) is 12.3 Å². The Morgan fingerprint density at radius 2 is 1.95 bits per heavy atom. The molecule has 0 amide bonds. The molecule has 19 heavy (non-hydrogen) atoms. The number of hydrogen-bond donors (Lipinski definition) is 1. The molecule has 1 aliphatic heterocycles. The summed E-state index contributed by atoms with van der Waals surface area (Å²) < 4.78 is 26.9. The summed E-state index contributed by atoms with van der Waals surface area (Å²) in [4.78, 5) is 6.15. The van der Waals surface area contributed by atoms with Crippen LogP contribution in [0, 0.1) is 0 Å². The maximum absolute atomic E-state index is 12.4. The van der Waals surface area contributed by atoms with E-state index < -0.39 is 10.0 Å². The molecule has 0 atom stereocenters. The minimum Gasteiger partial charge on any atom is -0.395 e. The Labute approximate surface area is 121 Å². The van der Waals surface area contributed by atoms with Crippen molar-refractivity contribution in [3.05, 3.63) is 22.9 Å². The lowest BCUT2D eigenvalue weighted by Gasteiger charge is -2.33. The van der Waals surface area contributed by atoms with E-state index in [1.165, 1.54) is 10.5 Å². The van der Waals surface area contributed by atoms with Crippen LogP contribution in [0.4, 0.5) is 0 Å². The number of aliphatic hydroxyl groups is 1. The van der Waals surface area contributed by atoms with Gasteiger partial charge >= 0.3 is 0 Å². The molecule has 1 N–H and O–H groups in total. The Kier molecular flexibility index (Phi) is 4.91. The maximum atomic E-state index is 12.4. The van der Waals surface area contributed by atoms with Crippen molar-refractivity contribution in [1.29, 1.82) is 0 Å². The van der Waals surface area contributed by atoms with Crippen molar-refractivity contribution < 1.29 is 13.5 Å². The van der Waals surface area contributed by atoms with E-state index in [4.69, 9.17) is 5.11 Å². The molecular weight excluding hydrogens is 334 g/mol. The highest BCUT2D eigenvalue weighted by molar-refractivity contribution is 9.10. The molecule has 1 fully saturated rings. The molecule has 6 nitrogen and oxygen atoms in total. The summed E-state index contributed by atoms with van der Waals surface area (Å²) in [6, 6.07) is 1.56. The molecule has 1 aromatic rings. The number of hydrogen-bond acceptors (Lipinski definition) is 5. The van der Waals surface area contributed by atoms with E-state index in [2.05, 4.69) is 20.9 Å². The molecule has 0 aliphatic carbocycles. The molecule has 1 saturated heterocycles. The number of rotatable bonds is 4. The molecule has 2 rings (SSSR count). The smallest absolute Gasteiger partial charge is 0.244 e. The van der Waals surface area contributed by atoms with Crippen molar-refractivity contribution in [2.45, 2.75) is 4.90 Å². The first-order valence-corrected chi connectivity index (χ1v) is 8.21. The van der Waals surface area contributed by atoms with Crippen molar-refractivity contribution in [2.75, 3.05) is 39.3 Å². The number of aliphatic hydroxyl groups excluding tert-OH is 1. The van der Waals surface area contributed by atoms with Crippen LogP contribution in [-0.2, 0) is 10.0 Å². The number of sulfonamides is 1. The molecule has 106 valence electrons. The van der Waals surface area contributed by atoms with Crippen LogP contribution < -0.4 is 0 Å². The molecular formula is C11H16BrN3O3S. The highest BCUT2D eigenvalue weighted by atomic mass is 79.9. The van der Waals surface area contributed by atoms with Crippen molar-refractivity contribution in [1.82, 2.24) is 14.2 Å². The van der Waals surface area contributed by atoms with Gasteiger partial charge in [0.2, 0.25) is 10.0 Å². The second-order valence-corrected chi connectivity index (χ2v) is 7.16. The first kappa shape index (κ1) is 14.9. The molecule has 0 saturated carbocycles. The van der Waals surface area contributed by atoms with E-state index in [0.29, 0.717) is 37.2 Å². The first-order valence-electron chi connectivity index (χ1n) is 5.98. The minimum absolute atomic E-state index is 0.0995. The molecule has 0 radical (unpaired) electrons. The van der Waals surface area contributed by atoms with E-state index >= 15 is 0 Å². The van der Waals surface area contributed by atoms with E-state index in [9.17, 15) is 8.42 Å². The quantitative estimate of drug-likeness (QED) is 0.837. The lowest BCUT2D eigenvalue weighted by atomic mass is 10.4. The van der Waals surface area contributed by atoms with Crippen LogP contribution in [-0.4, -0.2) is 67.0 Å². The van der Waals surface area contributed by atoms with Crippen LogP contribution in [0.25, 0.3) is 0 Å². The summed E-state index contributed by atoms with van der Waals surface area (Å²) in [5.41, 5.74) is 0. The second kappa shape index (κ2) is 6.27. The lowest BCUT2D eigenvalue weighted by Crippen LogP contribution is -2.49. The number of halogens is 1. The zero-order chi connectivity index (χ0) is 13.9. The van der Waals surface area contributed by atoms with Gasteiger partial charge in [0.1, 0.15) is 4.90 Å². The summed E-state index contributed by atoms with van der Waals surface area (Å²) in [7, 11) is -3.47. The van der Waals surface area contributed by atoms with Crippen molar-refractivity contribution >= 4 is 26.0 Å². The number of piperazine rings is 1. The van der Waals surface area contributed by atoms with E-state index in [-0.39, 0.29) is 11.5 Å². The van der Waals surface area contributed by atoms with Gasteiger partial charge in [0.25, 0.3) is 0 Å². The highest BCUT2D eigenvalue weighted by Crippen LogP contribution is 2.19. The Hall–Kier alpha value is -0.540. The fraction of sp³-hybridized carbons (Fsp3) is 0.545. The van der Waals surface area contributed by atoms with Gasteiger partial charge in [-0.3, -0.25) is 9.88 Å². The first-order chi connectivity index (χ1) is 9.04. The number of nitrogens with zero attached hydrogens (tertiary/aromatic N) is 3. The third-order valence-corrected chi connectivity index (χ3v) is 5.36. The Bertz CT molecular complexity index is 530. The Morgan fingerprint density at radius 3 is 2.53 bits per heavy atom. The van der Waals surface area contributed by atoms with Gasteiger partial charge in [-0.1, -0.05) is 0 Å². The Balaban J connectivity index is 2.10. The molecule has 8 heteroatoms. The van der Waals surface area contributed by atoms with Gasteiger partial charge in [-0.2, -0.15) is 4.31 Å². The van der Waals surface area contributed by atoms with Gasteiger partial charge in [0, 0.05) is 49.6 Å². The van der Waals surface area contributed by atoms with Crippen LogP contribution in [0.1, 0.15) is 0 Å². The van der Waals surface area contributed by atoms with E-state index in [0.717, 1.165) is 0 Å². The van der Waals surface area contributed by atoms with Gasteiger partial charge in [0.05, 0.1) is 6.61 Å². The monoisotopic (exact) mass is 349 g/mol. The third-order valence-electron chi connectivity index (χ3n) is 3.07. The topological polar surface area (TPSA) is 73.7 Å². The summed E-state index contributed by atoms with van der Waals surface area (Å²) >= 11 is 3.23. The van der Waals surface area contributed by atoms with Gasteiger partial charge in [0.15, 0.2) is 0 Å². The minimum atomic E-state index is -3.47. The zero-order valence-electron chi connectivity index (χ0n) is 10.4. The zero-order valence-corrected chi connectivity index (χ0v) is 12.8. The number of β-amino-alcohol motifs (C(OH)–C–C–N with tert-alkyl or cyclic N) is 1. The van der Waals surface area contributed by atoms with Crippen molar-refractivity contribution in [2.24, 2.45) is 0 Å². The third kappa shape index (κ3) is 3.51. The molecule has 0 spiro atoms. The number of pyridine rings is 1. The van der Waals surface area contributed by atoms with Gasteiger partial charge in [-0.15, -0.1) is 0 Å². The van der Waals surface area contributed by atoms with E-state index in [1.807, 2.05) is 4.90 Å². The van der Waals surface area contributed by atoms with Crippen molar-refractivity contribution in [3.63, 3.8) is 0 Å². The molecule has 0 unspecified atom stereocenters. The lowest BCUT2D eigenvalue weighted by molar-refractivity contribution is 0.151. The fourth-order valence-corrected chi connectivity index (χ4v) is 3.95.